The number of rotatable bonds is 5. The van der Waals surface area contributed by atoms with Gasteiger partial charge >= 0.3 is 5.97 Å². The summed E-state index contributed by atoms with van der Waals surface area (Å²) in [5.41, 5.74) is 0.954. The maximum atomic E-state index is 11.5. The minimum absolute atomic E-state index is 0.0588. The van der Waals surface area contributed by atoms with Crippen LogP contribution < -0.4 is 0 Å². The first-order valence-corrected chi connectivity index (χ1v) is 6.16. The monoisotopic (exact) mass is 287 g/mol. The quantitative estimate of drug-likeness (QED) is 0.474. The van der Waals surface area contributed by atoms with E-state index in [2.05, 4.69) is 15.9 Å². The molecule has 0 aliphatic rings. The Morgan fingerprint density at radius 2 is 2.19 bits per heavy atom. The van der Waals surface area contributed by atoms with Gasteiger partial charge in [0.2, 0.25) is 0 Å². The van der Waals surface area contributed by atoms with E-state index in [0.29, 0.717) is 24.4 Å². The number of carbonyl (C=O) groups excluding carboxylic acids is 2. The normalized spacial score (nSPS) is 10.2. The lowest BCUT2D eigenvalue weighted by Gasteiger charge is -2.02. The van der Waals surface area contributed by atoms with Gasteiger partial charge in [-0.25, -0.2) is 4.79 Å². The highest BCUT2D eigenvalue weighted by atomic mass is 79.9. The van der Waals surface area contributed by atoms with Gasteiger partial charge < -0.3 is 9.30 Å². The Labute approximate surface area is 103 Å². The summed E-state index contributed by atoms with van der Waals surface area (Å²) in [5.74, 6) is -0.449. The molecular weight excluding hydrogens is 274 g/mol. The van der Waals surface area contributed by atoms with E-state index >= 15 is 0 Å². The molecule has 1 heterocycles. The topological polar surface area (TPSA) is 48.3 Å². The molecule has 0 aromatic carbocycles. The molecule has 5 heteroatoms. The van der Waals surface area contributed by atoms with E-state index in [4.69, 9.17) is 4.74 Å². The minimum atomic E-state index is -0.390. The molecule has 0 radical (unpaired) electrons. The average Bonchev–Trinajstić information content (AvgIpc) is 2.63. The first kappa shape index (κ1) is 13.0. The molecule has 0 spiro atoms. The number of halogens is 1. The van der Waals surface area contributed by atoms with Crippen LogP contribution in [0.3, 0.4) is 0 Å². The summed E-state index contributed by atoms with van der Waals surface area (Å²) in [6.45, 7) is 4.21. The zero-order chi connectivity index (χ0) is 12.1. The summed E-state index contributed by atoms with van der Waals surface area (Å²) in [7, 11) is 0. The number of aromatic nitrogens is 1. The third kappa shape index (κ3) is 2.95. The number of carbonyl (C=O) groups is 2. The van der Waals surface area contributed by atoms with Crippen LogP contribution in [0.4, 0.5) is 0 Å². The van der Waals surface area contributed by atoms with E-state index in [0.717, 1.165) is 5.33 Å². The van der Waals surface area contributed by atoms with Gasteiger partial charge in [0.05, 0.1) is 17.9 Å². The van der Waals surface area contributed by atoms with E-state index in [-0.39, 0.29) is 5.78 Å². The van der Waals surface area contributed by atoms with Crippen molar-refractivity contribution in [1.82, 2.24) is 4.57 Å². The largest absolute Gasteiger partial charge is 0.462 e. The second kappa shape index (κ2) is 5.84. The van der Waals surface area contributed by atoms with Crippen molar-refractivity contribution in [2.45, 2.75) is 20.4 Å². The summed E-state index contributed by atoms with van der Waals surface area (Å²) >= 11 is 3.30. The van der Waals surface area contributed by atoms with E-state index in [1.54, 1.807) is 23.8 Å². The number of ether oxygens (including phenoxy) is 1. The first-order chi connectivity index (χ1) is 7.60. The number of ketones is 1. The SMILES string of the molecule is CCOC(=O)c1cc(C(C)=O)n(CCBr)c1. The molecule has 0 bridgehead atoms. The van der Waals surface area contributed by atoms with Gasteiger partial charge in [-0.2, -0.15) is 0 Å². The van der Waals surface area contributed by atoms with Crippen LogP contribution in [-0.4, -0.2) is 28.3 Å². The van der Waals surface area contributed by atoms with Crippen molar-refractivity contribution in [2.24, 2.45) is 0 Å². The van der Waals surface area contributed by atoms with Crippen LogP contribution in [-0.2, 0) is 11.3 Å². The fourth-order valence-corrected chi connectivity index (χ4v) is 1.79. The number of nitrogens with zero attached hydrogens (tertiary/aromatic N) is 1. The van der Waals surface area contributed by atoms with Crippen LogP contribution in [0.2, 0.25) is 0 Å². The molecule has 0 saturated heterocycles. The van der Waals surface area contributed by atoms with Crippen LogP contribution in [0.25, 0.3) is 0 Å². The molecule has 0 unspecified atom stereocenters. The first-order valence-electron chi connectivity index (χ1n) is 5.04. The number of esters is 1. The highest BCUT2D eigenvalue weighted by Gasteiger charge is 2.15. The lowest BCUT2D eigenvalue weighted by atomic mass is 10.2. The van der Waals surface area contributed by atoms with E-state index in [9.17, 15) is 9.59 Å². The lowest BCUT2D eigenvalue weighted by molar-refractivity contribution is 0.0526. The number of hydrogen-bond donors (Lipinski definition) is 0. The molecule has 0 fully saturated rings. The molecule has 88 valence electrons. The van der Waals surface area contributed by atoms with Crippen LogP contribution in [0.1, 0.15) is 34.7 Å². The van der Waals surface area contributed by atoms with E-state index in [1.807, 2.05) is 0 Å². The summed E-state index contributed by atoms with van der Waals surface area (Å²) in [4.78, 5) is 22.8. The highest BCUT2D eigenvalue weighted by Crippen LogP contribution is 2.11. The minimum Gasteiger partial charge on any atom is -0.462 e. The molecule has 0 N–H and O–H groups in total. The molecule has 0 aliphatic carbocycles. The average molecular weight is 288 g/mol. The Morgan fingerprint density at radius 1 is 1.50 bits per heavy atom. The molecule has 0 saturated carbocycles. The predicted molar refractivity (Wildman–Crippen MR) is 64.2 cm³/mol. The Bertz CT molecular complexity index is 398. The Morgan fingerprint density at radius 3 is 2.69 bits per heavy atom. The van der Waals surface area contributed by atoms with Crippen molar-refractivity contribution in [3.05, 3.63) is 23.5 Å². The maximum Gasteiger partial charge on any atom is 0.339 e. The molecular formula is C11H14BrNO3. The summed E-state index contributed by atoms with van der Waals surface area (Å²) in [6.07, 6.45) is 1.65. The van der Waals surface area contributed by atoms with Gasteiger partial charge in [-0.05, 0) is 13.0 Å². The van der Waals surface area contributed by atoms with Crippen molar-refractivity contribution in [3.8, 4) is 0 Å². The summed E-state index contributed by atoms with van der Waals surface area (Å²) in [5, 5.41) is 0.726. The van der Waals surface area contributed by atoms with Crippen molar-refractivity contribution in [3.63, 3.8) is 0 Å². The molecule has 0 amide bonds. The molecule has 16 heavy (non-hydrogen) atoms. The third-order valence-corrected chi connectivity index (χ3v) is 2.45. The molecule has 4 nitrogen and oxygen atoms in total. The van der Waals surface area contributed by atoms with Crippen molar-refractivity contribution < 1.29 is 14.3 Å². The summed E-state index contributed by atoms with van der Waals surface area (Å²) < 4.78 is 6.63. The van der Waals surface area contributed by atoms with E-state index in [1.165, 1.54) is 6.92 Å². The Balaban J connectivity index is 3.00. The zero-order valence-electron chi connectivity index (χ0n) is 9.33. The van der Waals surface area contributed by atoms with Gasteiger partial charge in [0.15, 0.2) is 5.78 Å². The standard InChI is InChI=1S/C11H14BrNO3/c1-3-16-11(15)9-6-10(8(2)14)13(7-9)5-4-12/h6-7H,3-5H2,1-2H3. The third-order valence-electron chi connectivity index (χ3n) is 2.09. The molecule has 0 aliphatic heterocycles. The number of hydrogen-bond acceptors (Lipinski definition) is 3. The van der Waals surface area contributed by atoms with Crippen LogP contribution in [0, 0.1) is 0 Å². The van der Waals surface area contributed by atoms with Crippen molar-refractivity contribution >= 4 is 27.7 Å². The van der Waals surface area contributed by atoms with Crippen molar-refractivity contribution in [2.75, 3.05) is 11.9 Å². The Hall–Kier alpha value is -1.10. The van der Waals surface area contributed by atoms with E-state index < -0.39 is 5.97 Å². The van der Waals surface area contributed by atoms with Crippen LogP contribution in [0.5, 0.6) is 0 Å². The molecule has 1 rings (SSSR count). The molecule has 0 atom stereocenters. The molecule has 1 aromatic heterocycles. The predicted octanol–water partition coefficient (Wildman–Crippen LogP) is 2.26. The smallest absolute Gasteiger partial charge is 0.339 e. The Kier molecular flexibility index (Phi) is 4.73. The van der Waals surface area contributed by atoms with Gasteiger partial charge in [0, 0.05) is 25.0 Å². The fourth-order valence-electron chi connectivity index (χ4n) is 1.41. The number of aryl methyl sites for hydroxylation is 1. The number of alkyl halides is 1. The van der Waals surface area contributed by atoms with Crippen LogP contribution >= 0.6 is 15.9 Å². The van der Waals surface area contributed by atoms with Gasteiger partial charge in [-0.15, -0.1) is 0 Å². The highest BCUT2D eigenvalue weighted by molar-refractivity contribution is 9.09. The van der Waals surface area contributed by atoms with Gasteiger partial charge in [0.25, 0.3) is 0 Å². The number of Topliss-reactive ketones (excluding diaryl/α,β-unsaturated/α-hetero) is 1. The second-order valence-corrected chi connectivity index (χ2v) is 4.07. The van der Waals surface area contributed by atoms with Gasteiger partial charge in [-0.3, -0.25) is 4.79 Å². The second-order valence-electron chi connectivity index (χ2n) is 3.27. The van der Waals surface area contributed by atoms with Gasteiger partial charge in [-0.1, -0.05) is 15.9 Å². The van der Waals surface area contributed by atoms with Gasteiger partial charge in [0.1, 0.15) is 0 Å². The zero-order valence-corrected chi connectivity index (χ0v) is 10.9. The lowest BCUT2D eigenvalue weighted by Crippen LogP contribution is -2.06. The molecule has 1 aromatic rings. The fraction of sp³-hybridized carbons (Fsp3) is 0.455. The van der Waals surface area contributed by atoms with Crippen molar-refractivity contribution in [1.29, 1.82) is 0 Å². The summed E-state index contributed by atoms with van der Waals surface area (Å²) in [6, 6.07) is 1.57. The van der Waals surface area contributed by atoms with Crippen LogP contribution in [0.15, 0.2) is 12.3 Å². The maximum absolute atomic E-state index is 11.5.